The largest absolute Gasteiger partial charge is 0.325 e. The quantitative estimate of drug-likeness (QED) is 0.254. The predicted octanol–water partition coefficient (Wildman–Crippen LogP) is 13.1. The Labute approximate surface area is 282 Å². The van der Waals surface area contributed by atoms with Gasteiger partial charge in [0.15, 0.2) is 0 Å². The van der Waals surface area contributed by atoms with E-state index >= 15 is 0 Å². The van der Waals surface area contributed by atoms with Gasteiger partial charge in [0.25, 0.3) is 0 Å². The summed E-state index contributed by atoms with van der Waals surface area (Å²) in [5.41, 5.74) is 2.67. The molecule has 0 radical (unpaired) electrons. The third-order valence-corrected chi connectivity index (χ3v) is 15.7. The summed E-state index contributed by atoms with van der Waals surface area (Å²) < 4.78 is 2.77. The van der Waals surface area contributed by atoms with Crippen molar-refractivity contribution in [3.63, 3.8) is 0 Å². The van der Waals surface area contributed by atoms with Crippen molar-refractivity contribution in [2.45, 2.75) is 179 Å². The number of hydrogen-bond donors (Lipinski definition) is 0. The number of imidazole rings is 1. The van der Waals surface area contributed by atoms with Gasteiger partial charge in [0.1, 0.15) is 5.82 Å². The highest BCUT2D eigenvalue weighted by atomic mass is 15.1. The SMILES string of the molecule is CCCC(CCCC1CCCC2C3CCCCC3C3CCCC1[C@H]23)C1CCC(c2nc3ccccc3n2C2CCCCCC2)CC1. The summed E-state index contributed by atoms with van der Waals surface area (Å²) in [7, 11) is 0. The maximum absolute atomic E-state index is 5.39. The molecule has 6 aliphatic rings. The fraction of sp³-hybridized carbons (Fsp3) is 0.841. The Morgan fingerprint density at radius 2 is 1.30 bits per heavy atom. The van der Waals surface area contributed by atoms with Crippen molar-refractivity contribution >= 4 is 11.0 Å². The van der Waals surface area contributed by atoms with E-state index in [1.807, 2.05) is 0 Å². The van der Waals surface area contributed by atoms with Crippen molar-refractivity contribution < 1.29 is 0 Å². The van der Waals surface area contributed by atoms with E-state index in [1.165, 1.54) is 107 Å². The molecule has 0 saturated heterocycles. The van der Waals surface area contributed by atoms with Crippen LogP contribution in [0.1, 0.15) is 185 Å². The molecule has 6 saturated carbocycles. The molecule has 0 N–H and O–H groups in total. The minimum Gasteiger partial charge on any atom is -0.325 e. The lowest BCUT2D eigenvalue weighted by atomic mass is 9.64. The van der Waals surface area contributed by atoms with E-state index in [0.717, 1.165) is 53.3 Å². The van der Waals surface area contributed by atoms with E-state index in [0.29, 0.717) is 12.0 Å². The van der Waals surface area contributed by atoms with Crippen LogP contribution in [0.4, 0.5) is 0 Å². The zero-order valence-corrected chi connectivity index (χ0v) is 29.7. The van der Waals surface area contributed by atoms with Crippen LogP contribution in [0.15, 0.2) is 24.3 Å². The van der Waals surface area contributed by atoms with E-state index in [9.17, 15) is 0 Å². The zero-order valence-electron chi connectivity index (χ0n) is 29.7. The normalized spacial score (nSPS) is 37.7. The molecular formula is C44H68N2. The van der Waals surface area contributed by atoms with Gasteiger partial charge in [-0.3, -0.25) is 0 Å². The molecule has 0 aliphatic heterocycles. The second-order valence-electron chi connectivity index (χ2n) is 17.9. The molecule has 2 nitrogen and oxygen atoms in total. The van der Waals surface area contributed by atoms with Gasteiger partial charge in [-0.1, -0.05) is 109 Å². The van der Waals surface area contributed by atoms with E-state index in [2.05, 4.69) is 35.8 Å². The molecule has 254 valence electrons. The van der Waals surface area contributed by atoms with Gasteiger partial charge in [0.05, 0.1) is 11.0 Å². The van der Waals surface area contributed by atoms with Gasteiger partial charge < -0.3 is 4.57 Å². The number of aromatic nitrogens is 2. The molecule has 7 unspecified atom stereocenters. The smallest absolute Gasteiger partial charge is 0.113 e. The molecule has 2 aromatic rings. The minimum atomic E-state index is 0.669. The van der Waals surface area contributed by atoms with Crippen molar-refractivity contribution in [2.75, 3.05) is 0 Å². The van der Waals surface area contributed by atoms with Crippen LogP contribution in [-0.2, 0) is 0 Å². The summed E-state index contributed by atoms with van der Waals surface area (Å²) in [5, 5.41) is 0. The molecule has 1 aromatic carbocycles. The van der Waals surface area contributed by atoms with Gasteiger partial charge in [-0.05, 0) is 136 Å². The van der Waals surface area contributed by atoms with E-state index in [4.69, 9.17) is 4.98 Å². The zero-order chi connectivity index (χ0) is 30.9. The van der Waals surface area contributed by atoms with Crippen molar-refractivity contribution in [1.82, 2.24) is 9.55 Å². The number of nitrogens with zero attached hydrogens (tertiary/aromatic N) is 2. The van der Waals surface area contributed by atoms with Crippen LogP contribution < -0.4 is 0 Å². The van der Waals surface area contributed by atoms with Crippen LogP contribution in [0.3, 0.4) is 0 Å². The third kappa shape index (κ3) is 6.28. The summed E-state index contributed by atoms with van der Waals surface area (Å²) in [4.78, 5) is 5.39. The third-order valence-electron chi connectivity index (χ3n) is 15.7. The van der Waals surface area contributed by atoms with Crippen LogP contribution in [0.25, 0.3) is 11.0 Å². The Morgan fingerprint density at radius 1 is 0.652 bits per heavy atom. The van der Waals surface area contributed by atoms with Crippen LogP contribution in [0.2, 0.25) is 0 Å². The Bertz CT molecular complexity index is 1240. The van der Waals surface area contributed by atoms with Crippen LogP contribution in [0, 0.1) is 53.3 Å². The van der Waals surface area contributed by atoms with Crippen LogP contribution in [-0.4, -0.2) is 9.55 Å². The average molecular weight is 625 g/mol. The molecule has 1 heterocycles. The molecule has 46 heavy (non-hydrogen) atoms. The number of rotatable bonds is 9. The summed E-state index contributed by atoms with van der Waals surface area (Å²) in [5.74, 6) is 11.9. The van der Waals surface area contributed by atoms with Crippen molar-refractivity contribution in [3.05, 3.63) is 30.1 Å². The lowest BCUT2D eigenvalue weighted by Gasteiger charge is -2.41. The monoisotopic (exact) mass is 625 g/mol. The maximum Gasteiger partial charge on any atom is 0.113 e. The van der Waals surface area contributed by atoms with Gasteiger partial charge in [-0.2, -0.15) is 0 Å². The minimum absolute atomic E-state index is 0.669. The molecule has 2 heteroatoms. The van der Waals surface area contributed by atoms with Gasteiger partial charge in [-0.25, -0.2) is 4.98 Å². The van der Waals surface area contributed by atoms with Crippen molar-refractivity contribution in [1.29, 1.82) is 0 Å². The fourth-order valence-electron chi connectivity index (χ4n) is 13.8. The highest BCUT2D eigenvalue weighted by Gasteiger charge is 2.55. The molecule has 0 bridgehead atoms. The lowest BCUT2D eigenvalue weighted by Crippen LogP contribution is -2.33. The van der Waals surface area contributed by atoms with E-state index < -0.39 is 0 Å². The Kier molecular flexibility index (Phi) is 10.2. The number of benzene rings is 1. The molecule has 6 fully saturated rings. The van der Waals surface area contributed by atoms with Crippen molar-refractivity contribution in [2.24, 2.45) is 53.3 Å². The van der Waals surface area contributed by atoms with E-state index in [1.54, 1.807) is 70.6 Å². The summed E-state index contributed by atoms with van der Waals surface area (Å²) in [6.45, 7) is 2.46. The lowest BCUT2D eigenvalue weighted by molar-refractivity contribution is 0.0811. The summed E-state index contributed by atoms with van der Waals surface area (Å²) in [6.07, 6.45) is 37.2. The van der Waals surface area contributed by atoms with Gasteiger partial charge >= 0.3 is 0 Å². The standard InChI is InChI=1S/C44H68N2/c1-2-14-31(15-11-16-33-17-12-23-39-37-20-7-8-21-38(37)40-24-13-22-36(33)43(39)40)32-27-29-34(30-28-32)44-45-41-25-9-10-26-42(41)46(44)35-18-5-3-4-6-19-35/h9-10,25-26,31-40,43H,2-8,11-24,27-30H2,1H3/t31?,32?,33?,34?,36?,37?,38?,39?,40?,43-/m1/s1. The average Bonchev–Trinajstić information content (AvgIpc) is 3.40. The van der Waals surface area contributed by atoms with Crippen LogP contribution >= 0.6 is 0 Å². The molecular weight excluding hydrogens is 556 g/mol. The molecule has 1 aromatic heterocycles. The van der Waals surface area contributed by atoms with Gasteiger partial charge in [0.2, 0.25) is 0 Å². The first-order valence-corrected chi connectivity index (χ1v) is 21.3. The first-order chi connectivity index (χ1) is 22.8. The van der Waals surface area contributed by atoms with Crippen molar-refractivity contribution in [3.8, 4) is 0 Å². The Hall–Kier alpha value is -1.31. The molecule has 6 aliphatic carbocycles. The predicted molar refractivity (Wildman–Crippen MR) is 194 cm³/mol. The Balaban J connectivity index is 0.900. The maximum atomic E-state index is 5.39. The summed E-state index contributed by atoms with van der Waals surface area (Å²) >= 11 is 0. The second kappa shape index (κ2) is 14.7. The Morgan fingerprint density at radius 3 is 2.04 bits per heavy atom. The first kappa shape index (κ1) is 31.9. The molecule has 0 amide bonds. The number of hydrogen-bond acceptors (Lipinski definition) is 1. The molecule has 0 spiro atoms. The molecule has 8 rings (SSSR count). The fourth-order valence-corrected chi connectivity index (χ4v) is 13.8. The van der Waals surface area contributed by atoms with Gasteiger partial charge in [0, 0.05) is 12.0 Å². The molecule has 8 atom stereocenters. The highest BCUT2D eigenvalue weighted by Crippen LogP contribution is 2.63. The topological polar surface area (TPSA) is 17.8 Å². The highest BCUT2D eigenvalue weighted by molar-refractivity contribution is 5.76. The van der Waals surface area contributed by atoms with E-state index in [-0.39, 0.29) is 0 Å². The van der Waals surface area contributed by atoms with Gasteiger partial charge in [-0.15, -0.1) is 0 Å². The number of fused-ring (bicyclic) bond motifs is 4. The first-order valence-electron chi connectivity index (χ1n) is 21.3. The number of para-hydroxylation sites is 2. The summed E-state index contributed by atoms with van der Waals surface area (Å²) in [6, 6.07) is 9.75. The second-order valence-corrected chi connectivity index (χ2v) is 17.9. The van der Waals surface area contributed by atoms with Crippen LogP contribution in [0.5, 0.6) is 0 Å².